The number of esters is 1. The highest BCUT2D eigenvalue weighted by molar-refractivity contribution is 5.89. The topological polar surface area (TPSA) is 38.3 Å². The number of hydrogen-bond acceptors (Lipinski definition) is 3. The molecule has 2 rings (SSSR count). The van der Waals surface area contributed by atoms with Crippen molar-refractivity contribution in [2.24, 2.45) is 0 Å². The summed E-state index contributed by atoms with van der Waals surface area (Å²) in [7, 11) is 0. The van der Waals surface area contributed by atoms with E-state index in [2.05, 4.69) is 47.5 Å². The summed E-state index contributed by atoms with van der Waals surface area (Å²) in [6, 6.07) is 18.2. The van der Waals surface area contributed by atoms with E-state index in [0.29, 0.717) is 12.2 Å². The Morgan fingerprint density at radius 3 is 2.16 bits per heavy atom. The molecule has 0 bridgehead atoms. The number of carbonyl (C=O) groups excluding carboxylic acids is 1. The second-order valence-corrected chi connectivity index (χ2v) is 7.79. The monoisotopic (exact) mass is 419 g/mol. The second-order valence-electron chi connectivity index (χ2n) is 7.79. The minimum atomic E-state index is -0.262. The minimum absolute atomic E-state index is 0.262. The van der Waals surface area contributed by atoms with E-state index in [1.165, 1.54) is 44.1 Å². The number of aryl methyl sites for hydroxylation is 1. The summed E-state index contributed by atoms with van der Waals surface area (Å²) < 4.78 is 5.00. The van der Waals surface area contributed by atoms with Gasteiger partial charge in [0.2, 0.25) is 0 Å². The zero-order valence-electron chi connectivity index (χ0n) is 19.0. The van der Waals surface area contributed by atoms with Gasteiger partial charge in [0.1, 0.15) is 0 Å². The first-order valence-electron chi connectivity index (χ1n) is 11.8. The van der Waals surface area contributed by atoms with Crippen LogP contribution in [-0.2, 0) is 11.2 Å². The summed E-state index contributed by atoms with van der Waals surface area (Å²) in [6.45, 7) is 3.18. The molecule has 3 nitrogen and oxygen atoms in total. The molecule has 2 aromatic carbocycles. The molecule has 0 heterocycles. The zero-order chi connectivity index (χ0) is 22.0. The van der Waals surface area contributed by atoms with E-state index < -0.39 is 0 Å². The van der Waals surface area contributed by atoms with Crippen LogP contribution in [0.5, 0.6) is 0 Å². The van der Waals surface area contributed by atoms with Crippen LogP contribution in [0, 0.1) is 11.8 Å². The number of nitrogens with one attached hydrogen (secondary N) is 1. The summed E-state index contributed by atoms with van der Waals surface area (Å²) in [5.74, 6) is 6.40. The van der Waals surface area contributed by atoms with E-state index in [1.807, 2.05) is 31.2 Å². The molecule has 0 aliphatic heterocycles. The molecular weight excluding hydrogens is 382 g/mol. The second kappa shape index (κ2) is 16.0. The highest BCUT2D eigenvalue weighted by Gasteiger charge is 2.05. The molecule has 0 aliphatic rings. The van der Waals surface area contributed by atoms with E-state index >= 15 is 0 Å². The Labute approximate surface area is 188 Å². The third kappa shape index (κ3) is 11.3. The Balaban J connectivity index is 1.40. The first kappa shape index (κ1) is 24.5. The van der Waals surface area contributed by atoms with Crippen LogP contribution in [0.25, 0.3) is 0 Å². The maximum Gasteiger partial charge on any atom is 0.338 e. The normalized spacial score (nSPS) is 10.2. The van der Waals surface area contributed by atoms with Gasteiger partial charge in [-0.2, -0.15) is 0 Å². The summed E-state index contributed by atoms with van der Waals surface area (Å²) in [4.78, 5) is 11.6. The number of unbranched alkanes of at least 4 members (excludes halogenated alkanes) is 7. The minimum Gasteiger partial charge on any atom is -0.462 e. The SMILES string of the molecule is CCOC(=O)c1ccc(NCCCCCCCC#CCCCCc2ccccc2)cc1. The van der Waals surface area contributed by atoms with Gasteiger partial charge in [0.15, 0.2) is 0 Å². The van der Waals surface area contributed by atoms with Crippen molar-refractivity contribution >= 4 is 11.7 Å². The van der Waals surface area contributed by atoms with Crippen LogP contribution >= 0.6 is 0 Å². The Bertz CT molecular complexity index is 787. The van der Waals surface area contributed by atoms with Crippen LogP contribution in [-0.4, -0.2) is 19.1 Å². The largest absolute Gasteiger partial charge is 0.462 e. The van der Waals surface area contributed by atoms with E-state index in [0.717, 1.165) is 37.9 Å². The maximum absolute atomic E-state index is 11.6. The standard InChI is InChI=1S/C28H37NO2/c1-2-31-28(30)26-20-22-27(23-21-26)29-24-16-11-9-7-5-3-4-6-8-10-13-17-25-18-14-12-15-19-25/h12,14-15,18-23,29H,2-3,5,7-11,13,16-17,24H2,1H3. The van der Waals surface area contributed by atoms with Gasteiger partial charge in [-0.25, -0.2) is 4.79 Å². The smallest absolute Gasteiger partial charge is 0.338 e. The van der Waals surface area contributed by atoms with Gasteiger partial charge in [-0.3, -0.25) is 0 Å². The van der Waals surface area contributed by atoms with Gasteiger partial charge in [-0.1, -0.05) is 49.6 Å². The molecule has 0 radical (unpaired) electrons. The van der Waals surface area contributed by atoms with Crippen LogP contribution in [0.4, 0.5) is 5.69 Å². The molecule has 1 N–H and O–H groups in total. The van der Waals surface area contributed by atoms with Crippen molar-refractivity contribution in [2.75, 3.05) is 18.5 Å². The van der Waals surface area contributed by atoms with Gasteiger partial charge in [-0.15, -0.1) is 11.8 Å². The Kier molecular flexibility index (Phi) is 12.7. The maximum atomic E-state index is 11.6. The van der Waals surface area contributed by atoms with Gasteiger partial charge >= 0.3 is 5.97 Å². The van der Waals surface area contributed by atoms with Crippen molar-refractivity contribution in [3.05, 3.63) is 65.7 Å². The van der Waals surface area contributed by atoms with Crippen LogP contribution < -0.4 is 5.32 Å². The molecule has 2 aromatic rings. The molecule has 0 aromatic heterocycles. The first-order chi connectivity index (χ1) is 15.3. The van der Waals surface area contributed by atoms with Crippen molar-refractivity contribution in [2.45, 2.75) is 71.1 Å². The lowest BCUT2D eigenvalue weighted by Gasteiger charge is -2.07. The number of ether oxygens (including phenoxy) is 1. The lowest BCUT2D eigenvalue weighted by molar-refractivity contribution is 0.0526. The van der Waals surface area contributed by atoms with E-state index in [4.69, 9.17) is 4.74 Å². The lowest BCUT2D eigenvalue weighted by Crippen LogP contribution is -2.05. The van der Waals surface area contributed by atoms with E-state index in [9.17, 15) is 4.79 Å². The first-order valence-corrected chi connectivity index (χ1v) is 11.8. The molecule has 0 unspecified atom stereocenters. The van der Waals surface area contributed by atoms with Gasteiger partial charge in [0, 0.05) is 25.1 Å². The molecular formula is C28H37NO2. The Morgan fingerprint density at radius 2 is 1.45 bits per heavy atom. The fourth-order valence-electron chi connectivity index (χ4n) is 3.40. The molecule has 31 heavy (non-hydrogen) atoms. The van der Waals surface area contributed by atoms with Gasteiger partial charge in [0.25, 0.3) is 0 Å². The molecule has 0 aliphatic carbocycles. The van der Waals surface area contributed by atoms with Gasteiger partial charge in [0.05, 0.1) is 12.2 Å². The molecule has 0 fully saturated rings. The van der Waals surface area contributed by atoms with E-state index in [-0.39, 0.29) is 5.97 Å². The number of anilines is 1. The molecule has 0 atom stereocenters. The number of carbonyl (C=O) groups is 1. The number of hydrogen-bond donors (Lipinski definition) is 1. The lowest BCUT2D eigenvalue weighted by atomic mass is 10.1. The van der Waals surface area contributed by atoms with Gasteiger partial charge < -0.3 is 10.1 Å². The predicted octanol–water partition coefficient (Wildman–Crippen LogP) is 7.03. The van der Waals surface area contributed by atoms with Crippen LogP contribution in [0.1, 0.15) is 80.6 Å². The van der Waals surface area contributed by atoms with Crippen molar-refractivity contribution in [3.8, 4) is 11.8 Å². The summed E-state index contributed by atoms with van der Waals surface area (Å²) in [5.41, 5.74) is 3.08. The average Bonchev–Trinajstić information content (AvgIpc) is 2.80. The van der Waals surface area contributed by atoms with E-state index in [1.54, 1.807) is 0 Å². The van der Waals surface area contributed by atoms with Crippen molar-refractivity contribution in [1.82, 2.24) is 0 Å². The third-order valence-corrected chi connectivity index (χ3v) is 5.19. The predicted molar refractivity (Wildman–Crippen MR) is 130 cm³/mol. The molecule has 0 saturated carbocycles. The average molecular weight is 420 g/mol. The highest BCUT2D eigenvalue weighted by Crippen LogP contribution is 2.12. The number of rotatable bonds is 14. The third-order valence-electron chi connectivity index (χ3n) is 5.19. The van der Waals surface area contributed by atoms with Gasteiger partial charge in [-0.05, 0) is 68.9 Å². The molecule has 3 heteroatoms. The zero-order valence-corrected chi connectivity index (χ0v) is 19.0. The quantitative estimate of drug-likeness (QED) is 0.203. The molecule has 0 spiro atoms. The summed E-state index contributed by atoms with van der Waals surface area (Å²) >= 11 is 0. The van der Waals surface area contributed by atoms with Crippen molar-refractivity contribution < 1.29 is 9.53 Å². The summed E-state index contributed by atoms with van der Waals surface area (Å²) in [6.07, 6.45) is 11.8. The van der Waals surface area contributed by atoms with Crippen LogP contribution in [0.2, 0.25) is 0 Å². The Morgan fingerprint density at radius 1 is 0.806 bits per heavy atom. The Hall–Kier alpha value is -2.73. The van der Waals surface area contributed by atoms with Crippen molar-refractivity contribution in [1.29, 1.82) is 0 Å². The summed E-state index contributed by atoms with van der Waals surface area (Å²) in [5, 5.41) is 3.41. The molecule has 0 saturated heterocycles. The molecule has 166 valence electrons. The number of benzene rings is 2. The molecule has 0 amide bonds. The fraction of sp³-hybridized carbons (Fsp3) is 0.464. The van der Waals surface area contributed by atoms with Crippen molar-refractivity contribution in [3.63, 3.8) is 0 Å². The van der Waals surface area contributed by atoms with Crippen LogP contribution in [0.3, 0.4) is 0 Å². The van der Waals surface area contributed by atoms with Crippen LogP contribution in [0.15, 0.2) is 54.6 Å². The highest BCUT2D eigenvalue weighted by atomic mass is 16.5. The fourth-order valence-corrected chi connectivity index (χ4v) is 3.40.